The van der Waals surface area contributed by atoms with Crippen molar-refractivity contribution < 1.29 is 19.2 Å². The number of fused-ring (bicyclic) bond motifs is 20. The summed E-state index contributed by atoms with van der Waals surface area (Å²) in [4.78, 5) is 126. The molecule has 2 aliphatic rings. The Morgan fingerprint density at radius 2 is 0.573 bits per heavy atom. The predicted molar refractivity (Wildman–Crippen MR) is 378 cm³/mol. The van der Waals surface area contributed by atoms with E-state index < -0.39 is 0 Å². The van der Waals surface area contributed by atoms with Crippen LogP contribution in [0.1, 0.15) is 96.8 Å². The van der Waals surface area contributed by atoms with Gasteiger partial charge in [-0.05, 0) is 152 Å². The topological polar surface area (TPSA) is 242 Å². The van der Waals surface area contributed by atoms with E-state index in [1.807, 2.05) is 152 Å². The van der Waals surface area contributed by atoms with Gasteiger partial charge in [-0.3, -0.25) is 39.1 Å². The van der Waals surface area contributed by atoms with E-state index in [2.05, 4.69) is 9.97 Å². The molecule has 96 heavy (non-hydrogen) atoms. The maximum absolute atomic E-state index is 13.5. The average Bonchev–Trinajstić information content (AvgIpc) is 1.59. The fourth-order valence-corrected chi connectivity index (χ4v) is 15.5. The number of carbonyl (C=O) groups excluding carboxylic acids is 4. The van der Waals surface area contributed by atoms with Crippen LogP contribution in [0.5, 0.6) is 0 Å². The number of hydrogen-bond donors (Lipinski definition) is 2. The fourth-order valence-electron chi connectivity index (χ4n) is 11.7. The van der Waals surface area contributed by atoms with Gasteiger partial charge in [0, 0.05) is 207 Å². The lowest BCUT2D eigenvalue weighted by atomic mass is 10.1. The first kappa shape index (κ1) is 64.8. The molecule has 2 aliphatic heterocycles. The summed E-state index contributed by atoms with van der Waals surface area (Å²) in [7, 11) is 0. The quantitative estimate of drug-likeness (QED) is 0.0720. The molecular weight excluding hydrogens is 1280 g/mol. The van der Waals surface area contributed by atoms with Crippen molar-refractivity contribution in [3.05, 3.63) is 169 Å². The second-order valence-electron chi connectivity index (χ2n) is 22.3. The Balaban J connectivity index is 1.05. The molecule has 13 rings (SSSR count). The third-order valence-corrected chi connectivity index (χ3v) is 21.0. The molecule has 0 fully saturated rings. The molecule has 8 bridgehead atoms. The summed E-state index contributed by atoms with van der Waals surface area (Å²) in [6.45, 7) is 20.5. The zero-order chi connectivity index (χ0) is 66.7. The molecule has 4 aromatic carbocycles. The summed E-state index contributed by atoms with van der Waals surface area (Å²) in [5, 5.41) is 2.68. The van der Waals surface area contributed by atoms with Crippen LogP contribution in [0.2, 0.25) is 0 Å². The van der Waals surface area contributed by atoms with E-state index in [1.54, 1.807) is 69.2 Å². The maximum atomic E-state index is 13.5. The van der Waals surface area contributed by atoms with E-state index >= 15 is 0 Å². The molecule has 0 saturated carbocycles. The number of amides is 4. The lowest BCUT2D eigenvalue weighted by Crippen LogP contribution is -2.30. The highest BCUT2D eigenvalue weighted by atomic mass is 32.2. The molecule has 11 aromatic rings. The zero-order valence-electron chi connectivity index (χ0n) is 54.0. The van der Waals surface area contributed by atoms with Crippen molar-refractivity contribution in [1.82, 2.24) is 79.4 Å². The van der Waals surface area contributed by atoms with Crippen LogP contribution < -0.4 is 0 Å². The first-order valence-corrected chi connectivity index (χ1v) is 35.1. The highest BCUT2D eigenvalue weighted by molar-refractivity contribution is 8.00. The Morgan fingerprint density at radius 1 is 0.312 bits per heavy atom. The van der Waals surface area contributed by atoms with Crippen LogP contribution in [0.15, 0.2) is 186 Å². The van der Waals surface area contributed by atoms with Crippen molar-refractivity contribution in [1.29, 1.82) is 0 Å². The Hall–Kier alpha value is -9.88. The minimum Gasteiger partial charge on any atom is -0.339 e. The summed E-state index contributed by atoms with van der Waals surface area (Å²) < 4.78 is 0. The molecule has 0 unspecified atom stereocenters. The van der Waals surface area contributed by atoms with E-state index in [9.17, 15) is 19.2 Å². The van der Waals surface area contributed by atoms with Crippen molar-refractivity contribution in [2.24, 2.45) is 0 Å². The summed E-state index contributed by atoms with van der Waals surface area (Å²) in [6.07, 6.45) is 14.2. The molecule has 9 heterocycles. The van der Waals surface area contributed by atoms with Gasteiger partial charge in [0.15, 0.2) is 23.3 Å². The van der Waals surface area contributed by atoms with Crippen molar-refractivity contribution in [2.45, 2.75) is 94.6 Å². The van der Waals surface area contributed by atoms with Crippen LogP contribution in [-0.2, 0) is 0 Å². The number of benzene rings is 4. The number of nitrogens with one attached hydrogen (secondary N) is 2. The van der Waals surface area contributed by atoms with Crippen LogP contribution in [0.25, 0.3) is 89.7 Å². The monoisotopic (exact) mass is 1350 g/mol. The highest BCUT2D eigenvalue weighted by Crippen LogP contribution is 2.47. The molecule has 0 radical (unpaired) electrons. The predicted octanol–water partition coefficient (Wildman–Crippen LogP) is 15.0. The molecule has 2 N–H and O–H groups in total. The largest absolute Gasteiger partial charge is 0.339 e. The molecule has 0 spiro atoms. The molecule has 0 aliphatic carbocycles. The maximum Gasteiger partial charge on any atom is 0.253 e. The lowest BCUT2D eigenvalue weighted by Gasteiger charge is -2.18. The molecule has 0 atom stereocenters. The Bertz CT molecular complexity index is 4680. The molecule has 0 saturated heterocycles. The van der Waals surface area contributed by atoms with Gasteiger partial charge >= 0.3 is 0 Å². The van der Waals surface area contributed by atoms with E-state index in [0.717, 1.165) is 39.2 Å². The lowest BCUT2D eigenvalue weighted by molar-refractivity contribution is 0.0765. The van der Waals surface area contributed by atoms with E-state index in [-0.39, 0.29) is 23.6 Å². The third-order valence-electron chi connectivity index (χ3n) is 16.8. The van der Waals surface area contributed by atoms with Gasteiger partial charge in [0.1, 0.15) is 22.6 Å². The molecule has 24 heteroatoms. The van der Waals surface area contributed by atoms with Gasteiger partial charge in [-0.15, -0.1) is 0 Å². The van der Waals surface area contributed by atoms with Crippen LogP contribution in [0.4, 0.5) is 0 Å². The number of hydrogen-bond acceptors (Lipinski definition) is 18. The third kappa shape index (κ3) is 12.7. The van der Waals surface area contributed by atoms with Crippen molar-refractivity contribution in [3.63, 3.8) is 0 Å². The smallest absolute Gasteiger partial charge is 0.253 e. The van der Waals surface area contributed by atoms with Crippen LogP contribution in [0, 0.1) is 0 Å². The van der Waals surface area contributed by atoms with Crippen LogP contribution >= 0.6 is 47.0 Å². The van der Waals surface area contributed by atoms with Gasteiger partial charge in [-0.25, -0.2) is 29.9 Å². The van der Waals surface area contributed by atoms with E-state index in [1.165, 1.54) is 47.0 Å². The van der Waals surface area contributed by atoms with Gasteiger partial charge < -0.3 is 29.6 Å². The van der Waals surface area contributed by atoms with Gasteiger partial charge in [-0.2, -0.15) is 0 Å². The SMILES string of the molecule is CCN(CC)C(=O)c1ccc(Sc2cncc3c2-c2nc-3nc3[nH]c(nc4nc(nc5[nH]c(n2)c2cncc(Sc6ccc(C(=O)N(CC)CC)cc6)c52)-c2cncc(Sc5ccc(C(=O)N(CC)CC)cc5)c2-4)c2cncc(Sc4ccc(C(=O)N(CC)CC)cc4)c32)cc1. The second kappa shape index (κ2) is 28.2. The van der Waals surface area contributed by atoms with Gasteiger partial charge in [0.2, 0.25) is 0 Å². The first-order chi connectivity index (χ1) is 46.8. The number of pyridine rings is 4. The van der Waals surface area contributed by atoms with Crippen LogP contribution in [-0.4, -0.2) is 155 Å². The van der Waals surface area contributed by atoms with E-state index in [4.69, 9.17) is 49.8 Å². The summed E-state index contributed by atoms with van der Waals surface area (Å²) >= 11 is 5.89. The minimum absolute atomic E-state index is 0.0403. The van der Waals surface area contributed by atoms with Gasteiger partial charge in [0.25, 0.3) is 23.6 Å². The minimum atomic E-state index is -0.0409. The molecule has 7 aromatic heterocycles. The second-order valence-corrected chi connectivity index (χ2v) is 26.7. The number of H-pyrrole nitrogens is 2. The molecular formula is C72H66N16O4S4. The number of carbonyl (C=O) groups is 4. The Morgan fingerprint density at radius 3 is 0.865 bits per heavy atom. The van der Waals surface area contributed by atoms with Crippen LogP contribution in [0.3, 0.4) is 0 Å². The average molecular weight is 1350 g/mol. The molecule has 4 amide bonds. The molecule has 482 valence electrons. The van der Waals surface area contributed by atoms with Crippen molar-refractivity contribution in [3.8, 4) is 45.6 Å². The van der Waals surface area contributed by atoms with Gasteiger partial charge in [0.05, 0.1) is 0 Å². The normalized spacial score (nSPS) is 11.6. The van der Waals surface area contributed by atoms with Crippen molar-refractivity contribution >= 4 is 115 Å². The number of rotatable bonds is 20. The number of aromatic nitrogens is 12. The zero-order valence-corrected chi connectivity index (χ0v) is 57.3. The van der Waals surface area contributed by atoms with Gasteiger partial charge in [-0.1, -0.05) is 47.0 Å². The Labute approximate surface area is 571 Å². The first-order valence-electron chi connectivity index (χ1n) is 31.9. The summed E-state index contributed by atoms with van der Waals surface area (Å²) in [6, 6.07) is 30.3. The Kier molecular flexibility index (Phi) is 19.0. The summed E-state index contributed by atoms with van der Waals surface area (Å²) in [5.41, 5.74) is 6.58. The fraction of sp³-hybridized carbons (Fsp3) is 0.222. The standard InChI is InChI=1S/C72H66N16O4S4/c1-9-85(10-2)69(89)41-17-25-45(26-18-41)93-53-37-73-33-49-57(53)65-77-61(49)82-66-59-51(35-75-39-55(59)95-47-29-21-43(22-30-47)71(91)87(13-5)14-6)63(79-66)84-68-60-52(36-76-40-56(60)96-48-31-23-44(24-32-48)72(92)88(15-7)16-8)64(80-68)83-67-58-50(62(78-67)81-65)34-74-38-54(58)94-46-27-19-42(20-28-46)70(90)86(11-3)12-4/h17-40H,9-16H2,1-8H3,(H2,77,78,79,80,81,82,83,84). The summed E-state index contributed by atoms with van der Waals surface area (Å²) in [5.74, 6) is 1.15. The van der Waals surface area contributed by atoms with Crippen molar-refractivity contribution in [2.75, 3.05) is 52.4 Å². The number of aromatic amines is 2. The van der Waals surface area contributed by atoms with E-state index in [0.29, 0.717) is 164 Å². The highest BCUT2D eigenvalue weighted by Gasteiger charge is 2.29. The number of nitrogens with zero attached hydrogens (tertiary/aromatic N) is 14. The molecule has 20 nitrogen and oxygen atoms in total.